The van der Waals surface area contributed by atoms with Gasteiger partial charge in [0.1, 0.15) is 5.56 Å². The van der Waals surface area contributed by atoms with Crippen LogP contribution in [0.1, 0.15) is 53.1 Å². The predicted molar refractivity (Wildman–Crippen MR) is 107 cm³/mol. The molecule has 1 amide bonds. The third-order valence-corrected chi connectivity index (χ3v) is 5.39. The molecule has 1 aromatic carbocycles. The number of nitrogens with one attached hydrogen (secondary N) is 1. The molecule has 0 spiro atoms. The van der Waals surface area contributed by atoms with Crippen LogP contribution in [0, 0.1) is 11.8 Å². The largest absolute Gasteiger partial charge is 0.505 e. The van der Waals surface area contributed by atoms with Crippen molar-refractivity contribution in [1.82, 2.24) is 9.88 Å². The fourth-order valence-corrected chi connectivity index (χ4v) is 3.76. The molecule has 1 aliphatic heterocycles. The van der Waals surface area contributed by atoms with Gasteiger partial charge in [-0.1, -0.05) is 25.4 Å². The van der Waals surface area contributed by atoms with Gasteiger partial charge in [0.25, 0.3) is 5.91 Å². The number of amides is 1. The Morgan fingerprint density at radius 1 is 1.18 bits per heavy atom. The number of halogens is 1. The molecule has 0 radical (unpaired) electrons. The number of aromatic hydroxyl groups is 2. The van der Waals surface area contributed by atoms with Crippen LogP contribution in [0.4, 0.5) is 0 Å². The molecule has 2 aromatic rings. The molecule has 150 valence electrons. The fourth-order valence-electron chi connectivity index (χ4n) is 3.64. The summed E-state index contributed by atoms with van der Waals surface area (Å²) in [6.07, 6.45) is 1.61. The Balaban J connectivity index is 1.66. The van der Waals surface area contributed by atoms with Crippen LogP contribution < -0.4 is 0 Å². The molecule has 3 rings (SSSR count). The molecule has 0 aliphatic carbocycles. The third-order valence-electron chi connectivity index (χ3n) is 5.14. The van der Waals surface area contributed by atoms with Crippen molar-refractivity contribution < 1.29 is 19.8 Å². The number of nitrogens with zero attached hydrogens (tertiary/aromatic N) is 1. The number of carbonyl (C=O) groups excluding carboxylic acids is 2. The first-order valence-electron chi connectivity index (χ1n) is 9.49. The first-order valence-corrected chi connectivity index (χ1v) is 9.87. The number of benzene rings is 1. The van der Waals surface area contributed by atoms with Crippen molar-refractivity contribution in [3.8, 4) is 11.6 Å². The maximum absolute atomic E-state index is 12.8. The number of rotatable bonds is 5. The molecule has 1 fully saturated rings. The topological polar surface area (TPSA) is 93.6 Å². The van der Waals surface area contributed by atoms with Crippen molar-refractivity contribution in [2.24, 2.45) is 11.8 Å². The average Bonchev–Trinajstić information content (AvgIpc) is 2.94. The smallest absolute Gasteiger partial charge is 0.263 e. The first-order chi connectivity index (χ1) is 13.3. The minimum Gasteiger partial charge on any atom is -0.505 e. The standard InChI is InChI=1S/C21H25ClN2O4/c1-12(2)11-16-19(26)17(20(27)23-16)21(28)24-9-7-14(8-10-24)18(25)13-3-5-15(22)6-4-13/h3-6,12,14,23,26-27H,7-11H2,1-2H3. The molecular weight excluding hydrogens is 380 g/mol. The number of aromatic nitrogens is 1. The van der Waals surface area contributed by atoms with Gasteiger partial charge >= 0.3 is 0 Å². The number of hydrogen-bond acceptors (Lipinski definition) is 4. The normalized spacial score (nSPS) is 15.2. The number of piperidine rings is 1. The Morgan fingerprint density at radius 3 is 2.36 bits per heavy atom. The van der Waals surface area contributed by atoms with Crippen molar-refractivity contribution in [2.75, 3.05) is 13.1 Å². The van der Waals surface area contributed by atoms with Gasteiger partial charge in [0.2, 0.25) is 5.88 Å². The number of carbonyl (C=O) groups is 2. The summed E-state index contributed by atoms with van der Waals surface area (Å²) < 4.78 is 0. The number of aromatic amines is 1. The van der Waals surface area contributed by atoms with E-state index < -0.39 is 5.91 Å². The van der Waals surface area contributed by atoms with E-state index in [1.165, 1.54) is 0 Å². The first kappa shape index (κ1) is 20.3. The van der Waals surface area contributed by atoms with E-state index in [1.54, 1.807) is 29.2 Å². The van der Waals surface area contributed by atoms with Crippen molar-refractivity contribution >= 4 is 23.3 Å². The predicted octanol–water partition coefficient (Wildman–Crippen LogP) is 4.01. The van der Waals surface area contributed by atoms with E-state index in [-0.39, 0.29) is 34.8 Å². The van der Waals surface area contributed by atoms with Gasteiger partial charge in [-0.05, 0) is 49.4 Å². The molecule has 1 saturated heterocycles. The van der Waals surface area contributed by atoms with Gasteiger partial charge < -0.3 is 20.1 Å². The summed E-state index contributed by atoms with van der Waals surface area (Å²) in [7, 11) is 0. The van der Waals surface area contributed by atoms with E-state index in [1.807, 2.05) is 13.8 Å². The van der Waals surface area contributed by atoms with Crippen molar-refractivity contribution in [1.29, 1.82) is 0 Å². The number of Topliss-reactive ketones (excluding diaryl/α,β-unsaturated/α-hetero) is 1. The van der Waals surface area contributed by atoms with Crippen LogP contribution in [-0.2, 0) is 6.42 Å². The van der Waals surface area contributed by atoms with Crippen LogP contribution >= 0.6 is 11.6 Å². The maximum Gasteiger partial charge on any atom is 0.263 e. The van der Waals surface area contributed by atoms with E-state index >= 15 is 0 Å². The summed E-state index contributed by atoms with van der Waals surface area (Å²) in [5.74, 6) is -0.751. The molecule has 0 bridgehead atoms. The Hall–Kier alpha value is -2.47. The summed E-state index contributed by atoms with van der Waals surface area (Å²) in [5, 5.41) is 21.1. The SMILES string of the molecule is CC(C)Cc1[nH]c(O)c(C(=O)N2CCC(C(=O)c3ccc(Cl)cc3)CC2)c1O. The lowest BCUT2D eigenvalue weighted by Gasteiger charge is -2.31. The molecule has 1 aliphatic rings. The van der Waals surface area contributed by atoms with Crippen LogP contribution in [0.2, 0.25) is 5.02 Å². The molecule has 0 atom stereocenters. The molecule has 7 heteroatoms. The van der Waals surface area contributed by atoms with Crippen molar-refractivity contribution in [3.63, 3.8) is 0 Å². The van der Waals surface area contributed by atoms with Gasteiger partial charge in [0, 0.05) is 29.6 Å². The zero-order valence-electron chi connectivity index (χ0n) is 16.0. The van der Waals surface area contributed by atoms with Gasteiger partial charge in [-0.25, -0.2) is 0 Å². The summed E-state index contributed by atoms with van der Waals surface area (Å²) in [6.45, 7) is 4.77. The van der Waals surface area contributed by atoms with Crippen LogP contribution in [0.15, 0.2) is 24.3 Å². The lowest BCUT2D eigenvalue weighted by molar-refractivity contribution is 0.0645. The molecular formula is C21H25ClN2O4. The molecule has 2 heterocycles. The number of ketones is 1. The van der Waals surface area contributed by atoms with Crippen LogP contribution in [0.5, 0.6) is 11.6 Å². The van der Waals surface area contributed by atoms with E-state index in [0.717, 1.165) is 0 Å². The molecule has 3 N–H and O–H groups in total. The number of likely N-dealkylation sites (tertiary alicyclic amines) is 1. The van der Waals surface area contributed by atoms with Crippen LogP contribution in [0.3, 0.4) is 0 Å². The van der Waals surface area contributed by atoms with Crippen LogP contribution in [0.25, 0.3) is 0 Å². The van der Waals surface area contributed by atoms with Crippen LogP contribution in [-0.4, -0.2) is 44.9 Å². The lowest BCUT2D eigenvalue weighted by atomic mass is 9.88. The van der Waals surface area contributed by atoms with Crippen molar-refractivity contribution in [2.45, 2.75) is 33.1 Å². The molecule has 6 nitrogen and oxygen atoms in total. The molecule has 1 aromatic heterocycles. The van der Waals surface area contributed by atoms with E-state index in [9.17, 15) is 19.8 Å². The highest BCUT2D eigenvalue weighted by Crippen LogP contribution is 2.34. The van der Waals surface area contributed by atoms with E-state index in [2.05, 4.69) is 4.98 Å². The van der Waals surface area contributed by atoms with Gasteiger partial charge in [-0.2, -0.15) is 0 Å². The van der Waals surface area contributed by atoms with E-state index in [4.69, 9.17) is 11.6 Å². The highest BCUT2D eigenvalue weighted by atomic mass is 35.5. The molecule has 28 heavy (non-hydrogen) atoms. The van der Waals surface area contributed by atoms with Gasteiger partial charge in [-0.15, -0.1) is 0 Å². The highest BCUT2D eigenvalue weighted by Gasteiger charge is 2.32. The number of H-pyrrole nitrogens is 1. The summed E-state index contributed by atoms with van der Waals surface area (Å²) >= 11 is 5.87. The Kier molecular flexibility index (Phi) is 5.98. The number of hydrogen-bond donors (Lipinski definition) is 3. The summed E-state index contributed by atoms with van der Waals surface area (Å²) in [4.78, 5) is 29.7. The Bertz CT molecular complexity index is 865. The second kappa shape index (κ2) is 8.27. The second-order valence-corrected chi connectivity index (χ2v) is 8.15. The van der Waals surface area contributed by atoms with Gasteiger partial charge in [-0.3, -0.25) is 9.59 Å². The van der Waals surface area contributed by atoms with Gasteiger partial charge in [0.15, 0.2) is 11.5 Å². The highest BCUT2D eigenvalue weighted by molar-refractivity contribution is 6.30. The minimum atomic E-state index is -0.418. The monoisotopic (exact) mass is 404 g/mol. The minimum absolute atomic E-state index is 0.0512. The second-order valence-electron chi connectivity index (χ2n) is 7.71. The average molecular weight is 405 g/mol. The lowest BCUT2D eigenvalue weighted by Crippen LogP contribution is -2.40. The van der Waals surface area contributed by atoms with Crippen molar-refractivity contribution in [3.05, 3.63) is 46.1 Å². The molecule has 0 saturated carbocycles. The summed E-state index contributed by atoms with van der Waals surface area (Å²) in [6, 6.07) is 6.82. The zero-order chi connectivity index (χ0) is 20.4. The Morgan fingerprint density at radius 2 is 1.79 bits per heavy atom. The third kappa shape index (κ3) is 4.17. The summed E-state index contributed by atoms with van der Waals surface area (Å²) in [5.41, 5.74) is 0.996. The maximum atomic E-state index is 12.8. The van der Waals surface area contributed by atoms with E-state index in [0.29, 0.717) is 48.6 Å². The fraction of sp³-hybridized carbons (Fsp3) is 0.429. The molecule has 0 unspecified atom stereocenters. The quantitative estimate of drug-likeness (QED) is 0.656. The zero-order valence-corrected chi connectivity index (χ0v) is 16.8. The van der Waals surface area contributed by atoms with Gasteiger partial charge in [0.05, 0.1) is 5.69 Å². The Labute approximate surface area is 169 Å².